The summed E-state index contributed by atoms with van der Waals surface area (Å²) in [5.74, 6) is 0.384. The number of benzene rings is 3. The smallest absolute Gasteiger partial charge is 0.183 e. The minimum Gasteiger partial charge on any atom is -0.334 e. The van der Waals surface area contributed by atoms with E-state index in [2.05, 4.69) is 4.98 Å². The highest BCUT2D eigenvalue weighted by Gasteiger charge is 2.24. The van der Waals surface area contributed by atoms with Crippen molar-refractivity contribution >= 4 is 43.9 Å². The number of imidazole rings is 1. The Morgan fingerprint density at radius 2 is 1.63 bits per heavy atom. The quantitative estimate of drug-likeness (QED) is 0.194. The normalized spacial score (nSPS) is 12.3. The summed E-state index contributed by atoms with van der Waals surface area (Å²) < 4.78 is 42.0. The van der Waals surface area contributed by atoms with Gasteiger partial charge >= 0.3 is 0 Å². The summed E-state index contributed by atoms with van der Waals surface area (Å²) in [4.78, 5) is 16.2. The van der Waals surface area contributed by atoms with Gasteiger partial charge in [-0.2, -0.15) is 0 Å². The van der Waals surface area contributed by atoms with Gasteiger partial charge in [0.05, 0.1) is 28.5 Å². The largest absolute Gasteiger partial charge is 0.334 e. The summed E-state index contributed by atoms with van der Waals surface area (Å²) in [5.41, 5.74) is 5.47. The van der Waals surface area contributed by atoms with E-state index in [0.29, 0.717) is 40.4 Å². The van der Waals surface area contributed by atoms with E-state index in [1.165, 1.54) is 6.07 Å². The van der Waals surface area contributed by atoms with Crippen molar-refractivity contribution in [1.29, 1.82) is 0 Å². The van der Waals surface area contributed by atoms with Gasteiger partial charge in [0.25, 0.3) is 0 Å². The van der Waals surface area contributed by atoms with Gasteiger partial charge in [0.2, 0.25) is 0 Å². The lowest BCUT2D eigenvalue weighted by molar-refractivity contribution is 0.590. The molecule has 0 radical (unpaired) electrons. The summed E-state index contributed by atoms with van der Waals surface area (Å²) in [6, 6.07) is 24.7. The Labute approximate surface area is 240 Å². The average Bonchev–Trinajstić information content (AvgIpc) is 3.35. The van der Waals surface area contributed by atoms with E-state index in [4.69, 9.17) is 9.98 Å². The van der Waals surface area contributed by atoms with Crippen molar-refractivity contribution < 1.29 is 12.8 Å². The first-order chi connectivity index (χ1) is 19.6. The molecule has 5 aromatic rings. The number of anilines is 2. The molecular formula is C32H32FN5O2S. The van der Waals surface area contributed by atoms with E-state index in [1.807, 2.05) is 85.3 Å². The Bertz CT molecular complexity index is 1810. The first-order valence-electron chi connectivity index (χ1n) is 13.3. The Balaban J connectivity index is 1.69. The minimum absolute atomic E-state index is 0.340. The Morgan fingerprint density at radius 3 is 2.20 bits per heavy atom. The van der Waals surface area contributed by atoms with Gasteiger partial charge < -0.3 is 9.47 Å². The fraction of sp³-hybridized carbons (Fsp3) is 0.219. The highest BCUT2D eigenvalue weighted by atomic mass is 32.2. The van der Waals surface area contributed by atoms with Crippen LogP contribution in [0.15, 0.2) is 90.2 Å². The highest BCUT2D eigenvalue weighted by Crippen LogP contribution is 2.36. The second-order valence-electron chi connectivity index (χ2n) is 10.1. The Morgan fingerprint density at radius 1 is 1.02 bits per heavy atom. The zero-order valence-corrected chi connectivity index (χ0v) is 24.5. The SMILES string of the molecule is CCc1cc(C(C)S(C)(=O)=O)cc(F)c1N(C)c1cc2c(ncn2C)c(N=C(c2ccccc2)c2ccccc2)n1. The van der Waals surface area contributed by atoms with Gasteiger partial charge in [-0.15, -0.1) is 0 Å². The second-order valence-corrected chi connectivity index (χ2v) is 12.5. The number of aromatic nitrogens is 3. The number of sulfone groups is 1. The number of fused-ring (bicyclic) bond motifs is 1. The third-order valence-electron chi connectivity index (χ3n) is 7.33. The number of pyridine rings is 1. The van der Waals surface area contributed by atoms with Crippen LogP contribution in [-0.4, -0.2) is 42.0 Å². The average molecular weight is 570 g/mol. The number of nitrogens with zero attached hydrogens (tertiary/aromatic N) is 5. The molecule has 3 aromatic carbocycles. The van der Waals surface area contributed by atoms with Crippen molar-refractivity contribution in [3.63, 3.8) is 0 Å². The van der Waals surface area contributed by atoms with Gasteiger partial charge in [-0.1, -0.05) is 73.7 Å². The van der Waals surface area contributed by atoms with Crippen LogP contribution in [0.25, 0.3) is 11.0 Å². The number of aryl methyl sites for hydroxylation is 2. The number of halogens is 1. The molecule has 0 aliphatic rings. The van der Waals surface area contributed by atoms with Crippen LogP contribution in [0.4, 0.5) is 21.7 Å². The molecule has 0 amide bonds. The lowest BCUT2D eigenvalue weighted by Gasteiger charge is -2.24. The fourth-order valence-corrected chi connectivity index (χ4v) is 5.49. The van der Waals surface area contributed by atoms with E-state index < -0.39 is 20.9 Å². The van der Waals surface area contributed by atoms with Crippen molar-refractivity contribution in [1.82, 2.24) is 14.5 Å². The van der Waals surface area contributed by atoms with E-state index in [1.54, 1.807) is 31.3 Å². The molecule has 0 bridgehead atoms. The fourth-order valence-electron chi connectivity index (χ4n) is 4.86. The van der Waals surface area contributed by atoms with Gasteiger partial charge in [0, 0.05) is 37.5 Å². The maximum absolute atomic E-state index is 15.8. The molecule has 0 saturated heterocycles. The van der Waals surface area contributed by atoms with E-state index in [-0.39, 0.29) is 0 Å². The first kappa shape index (κ1) is 28.2. The van der Waals surface area contributed by atoms with Crippen LogP contribution in [0.5, 0.6) is 0 Å². The molecule has 9 heteroatoms. The van der Waals surface area contributed by atoms with Gasteiger partial charge in [0.15, 0.2) is 15.7 Å². The number of rotatable bonds is 8. The molecule has 210 valence electrons. The van der Waals surface area contributed by atoms with Crippen molar-refractivity contribution in [3.05, 3.63) is 113 Å². The summed E-state index contributed by atoms with van der Waals surface area (Å²) >= 11 is 0. The maximum atomic E-state index is 15.8. The minimum atomic E-state index is -3.39. The zero-order chi connectivity index (χ0) is 29.3. The standard InChI is InChI=1S/C32H32FN5O2S/c1-6-22-17-25(21(2)41(5,39)40)18-26(33)31(22)38(4)28-19-27-30(34-20-37(27)3)32(35-28)36-29(23-13-9-7-10-14-23)24-15-11-8-12-16-24/h7-21H,6H2,1-5H3. The Kier molecular flexibility index (Phi) is 7.73. The van der Waals surface area contributed by atoms with Crippen molar-refractivity contribution in [2.24, 2.45) is 12.0 Å². The van der Waals surface area contributed by atoms with Crippen LogP contribution >= 0.6 is 0 Å². The molecule has 41 heavy (non-hydrogen) atoms. The number of hydrogen-bond donors (Lipinski definition) is 0. The van der Waals surface area contributed by atoms with Crippen LogP contribution in [0.1, 0.15) is 41.4 Å². The topological polar surface area (TPSA) is 80.5 Å². The molecule has 2 aromatic heterocycles. The molecule has 1 atom stereocenters. The molecule has 1 unspecified atom stereocenters. The summed E-state index contributed by atoms with van der Waals surface area (Å²) in [6.45, 7) is 3.49. The lowest BCUT2D eigenvalue weighted by atomic mass is 10.0. The molecule has 0 aliphatic heterocycles. The molecule has 5 rings (SSSR count). The molecule has 0 saturated carbocycles. The molecule has 0 N–H and O–H groups in total. The van der Waals surface area contributed by atoms with E-state index in [9.17, 15) is 8.42 Å². The second kappa shape index (κ2) is 11.2. The predicted octanol–water partition coefficient (Wildman–Crippen LogP) is 6.71. The summed E-state index contributed by atoms with van der Waals surface area (Å²) in [5, 5.41) is -0.819. The monoisotopic (exact) mass is 569 g/mol. The van der Waals surface area contributed by atoms with Crippen LogP contribution in [-0.2, 0) is 23.3 Å². The van der Waals surface area contributed by atoms with Gasteiger partial charge in [-0.25, -0.2) is 27.8 Å². The molecular weight excluding hydrogens is 537 g/mol. The molecule has 7 nitrogen and oxygen atoms in total. The zero-order valence-electron chi connectivity index (χ0n) is 23.7. The van der Waals surface area contributed by atoms with Crippen LogP contribution in [0, 0.1) is 5.82 Å². The lowest BCUT2D eigenvalue weighted by Crippen LogP contribution is -2.17. The van der Waals surface area contributed by atoms with Crippen molar-refractivity contribution in [2.75, 3.05) is 18.2 Å². The van der Waals surface area contributed by atoms with Gasteiger partial charge in [-0.3, -0.25) is 0 Å². The maximum Gasteiger partial charge on any atom is 0.183 e. The summed E-state index contributed by atoms with van der Waals surface area (Å²) in [6.07, 6.45) is 3.38. The molecule has 2 heterocycles. The first-order valence-corrected chi connectivity index (χ1v) is 15.3. The van der Waals surface area contributed by atoms with Crippen LogP contribution < -0.4 is 4.90 Å². The van der Waals surface area contributed by atoms with Gasteiger partial charge in [-0.05, 0) is 30.5 Å². The third-order valence-corrected chi connectivity index (χ3v) is 8.89. The highest BCUT2D eigenvalue weighted by molar-refractivity contribution is 7.90. The molecule has 0 aliphatic carbocycles. The van der Waals surface area contributed by atoms with Crippen molar-refractivity contribution in [3.8, 4) is 0 Å². The Hall–Kier alpha value is -4.37. The number of hydrogen-bond acceptors (Lipinski definition) is 6. The summed E-state index contributed by atoms with van der Waals surface area (Å²) in [7, 11) is 0.259. The van der Waals surface area contributed by atoms with E-state index in [0.717, 1.165) is 28.6 Å². The molecule has 0 fully saturated rings. The third kappa shape index (κ3) is 5.63. The van der Waals surface area contributed by atoms with Crippen LogP contribution in [0.3, 0.4) is 0 Å². The number of aliphatic imine (C=N–C) groups is 1. The molecule has 0 spiro atoms. The van der Waals surface area contributed by atoms with E-state index >= 15 is 4.39 Å². The van der Waals surface area contributed by atoms with Crippen LogP contribution in [0.2, 0.25) is 0 Å². The predicted molar refractivity (Wildman–Crippen MR) is 164 cm³/mol. The van der Waals surface area contributed by atoms with Gasteiger partial charge in [0.1, 0.15) is 17.2 Å². The van der Waals surface area contributed by atoms with Crippen molar-refractivity contribution in [2.45, 2.75) is 25.5 Å².